The predicted octanol–water partition coefficient (Wildman–Crippen LogP) is 4.25. The fourth-order valence-corrected chi connectivity index (χ4v) is 3.74. The van der Waals surface area contributed by atoms with Crippen LogP contribution in [0.1, 0.15) is 34.8 Å². The number of aromatic hydroxyl groups is 1. The van der Waals surface area contributed by atoms with Crippen LogP contribution in [0.3, 0.4) is 0 Å². The minimum Gasteiger partial charge on any atom is -0.505 e. The van der Waals surface area contributed by atoms with E-state index in [1.54, 1.807) is 32.3 Å². The van der Waals surface area contributed by atoms with Crippen molar-refractivity contribution >= 4 is 35.0 Å². The molecule has 0 unspecified atom stereocenters. The van der Waals surface area contributed by atoms with E-state index >= 15 is 0 Å². The molecule has 1 aliphatic carbocycles. The highest BCUT2D eigenvalue weighted by Crippen LogP contribution is 2.43. The van der Waals surface area contributed by atoms with Crippen molar-refractivity contribution in [2.24, 2.45) is 5.92 Å². The highest BCUT2D eigenvalue weighted by atomic mass is 32.1. The molecule has 1 atom stereocenters. The van der Waals surface area contributed by atoms with Gasteiger partial charge in [0.25, 0.3) is 5.91 Å². The fraction of sp³-hybridized carbons (Fsp3) is 0.286. The van der Waals surface area contributed by atoms with Crippen LogP contribution in [0.2, 0.25) is 0 Å². The van der Waals surface area contributed by atoms with E-state index in [-0.39, 0.29) is 23.3 Å². The molecule has 3 N–H and O–H groups in total. The first-order valence-electron chi connectivity index (χ1n) is 9.49. The molecule has 1 saturated carbocycles. The van der Waals surface area contributed by atoms with Gasteiger partial charge in [0.2, 0.25) is 0 Å². The van der Waals surface area contributed by atoms with Gasteiger partial charge in [-0.1, -0.05) is 36.4 Å². The van der Waals surface area contributed by atoms with Crippen LogP contribution < -0.4 is 10.6 Å². The Balaban J connectivity index is 1.58. The van der Waals surface area contributed by atoms with E-state index in [0.717, 1.165) is 11.7 Å². The van der Waals surface area contributed by atoms with Crippen LogP contribution in [0.4, 0.5) is 17.3 Å². The molecule has 4 rings (SSSR count). The summed E-state index contributed by atoms with van der Waals surface area (Å²) in [6.45, 7) is 0. The van der Waals surface area contributed by atoms with Crippen LogP contribution in [0.25, 0.3) is 0 Å². The maximum absolute atomic E-state index is 12.3. The molecule has 0 spiro atoms. The molecule has 0 saturated heterocycles. The molecule has 2 aromatic carbocycles. The summed E-state index contributed by atoms with van der Waals surface area (Å²) < 4.78 is 8.74. The van der Waals surface area contributed by atoms with Crippen LogP contribution >= 0.6 is 11.7 Å². The van der Waals surface area contributed by atoms with Crippen molar-refractivity contribution in [1.29, 1.82) is 0 Å². The quantitative estimate of drug-likeness (QED) is 0.506. The van der Waals surface area contributed by atoms with Gasteiger partial charge in [-0.05, 0) is 36.5 Å². The first-order chi connectivity index (χ1) is 14.0. The molecule has 1 fully saturated rings. The Labute approximate surface area is 173 Å². The van der Waals surface area contributed by atoms with Gasteiger partial charge in [-0.3, -0.25) is 4.79 Å². The largest absolute Gasteiger partial charge is 0.505 e. The summed E-state index contributed by atoms with van der Waals surface area (Å²) in [5.74, 6) is 1.37. The second-order valence-electron chi connectivity index (χ2n) is 7.36. The first kappa shape index (κ1) is 19.2. The van der Waals surface area contributed by atoms with Gasteiger partial charge in [-0.15, -0.1) is 0 Å². The van der Waals surface area contributed by atoms with Crippen molar-refractivity contribution in [1.82, 2.24) is 13.6 Å². The predicted molar refractivity (Wildman–Crippen MR) is 115 cm³/mol. The minimum absolute atomic E-state index is 0.105. The van der Waals surface area contributed by atoms with Gasteiger partial charge >= 0.3 is 0 Å². The van der Waals surface area contributed by atoms with Crippen molar-refractivity contribution < 1.29 is 9.90 Å². The molecule has 1 amide bonds. The van der Waals surface area contributed by atoms with Crippen LogP contribution in [0.5, 0.6) is 5.75 Å². The lowest BCUT2D eigenvalue weighted by atomic mass is 10.0. The molecule has 1 aromatic heterocycles. The van der Waals surface area contributed by atoms with E-state index < -0.39 is 0 Å². The van der Waals surface area contributed by atoms with Gasteiger partial charge in [0.05, 0.1) is 29.0 Å². The summed E-state index contributed by atoms with van der Waals surface area (Å²) in [4.78, 5) is 13.7. The van der Waals surface area contributed by atoms with E-state index in [1.165, 1.54) is 23.3 Å². The highest BCUT2D eigenvalue weighted by Gasteiger charge is 2.33. The third-order valence-corrected chi connectivity index (χ3v) is 5.49. The maximum atomic E-state index is 12.3. The number of nitrogens with one attached hydrogen (secondary N) is 2. The zero-order chi connectivity index (χ0) is 20.4. The second-order valence-corrected chi connectivity index (χ2v) is 7.89. The Morgan fingerprint density at radius 3 is 2.52 bits per heavy atom. The lowest BCUT2D eigenvalue weighted by molar-refractivity contribution is 0.0824. The smallest absolute Gasteiger partial charge is 0.257 e. The van der Waals surface area contributed by atoms with E-state index in [9.17, 15) is 9.90 Å². The lowest BCUT2D eigenvalue weighted by Gasteiger charge is -2.19. The number of benzene rings is 2. The summed E-state index contributed by atoms with van der Waals surface area (Å²) in [5.41, 5.74) is 1.87. The monoisotopic (exact) mass is 409 g/mol. The molecule has 0 aliphatic heterocycles. The average Bonchev–Trinajstić information content (AvgIpc) is 3.48. The summed E-state index contributed by atoms with van der Waals surface area (Å²) in [7, 11) is 3.30. The summed E-state index contributed by atoms with van der Waals surface area (Å²) in [6.07, 6.45) is 2.37. The van der Waals surface area contributed by atoms with Crippen molar-refractivity contribution in [3.05, 3.63) is 59.7 Å². The van der Waals surface area contributed by atoms with E-state index in [0.29, 0.717) is 23.2 Å². The number of carbonyl (C=O) groups excluding carboxylic acids is 1. The minimum atomic E-state index is -0.265. The standard InChI is InChI=1S/C21H23N5O2S/c1-26(2)21(28)15-9-6-10-16(18(15)27)22-19-20(25-29-24-19)23-17(14-11-12-14)13-7-4-3-5-8-13/h3-10,14,17,27H,11-12H2,1-2H3,(H,22,24)(H,23,25)/t17-/m0/s1. The van der Waals surface area contributed by atoms with Crippen LogP contribution in [0.15, 0.2) is 48.5 Å². The van der Waals surface area contributed by atoms with Gasteiger partial charge < -0.3 is 20.6 Å². The zero-order valence-electron chi connectivity index (χ0n) is 16.3. The number of aromatic nitrogens is 2. The Morgan fingerprint density at radius 2 is 1.83 bits per heavy atom. The van der Waals surface area contributed by atoms with Crippen molar-refractivity contribution in [2.45, 2.75) is 18.9 Å². The number of phenolic OH excluding ortho intramolecular Hbond substituents is 1. The van der Waals surface area contributed by atoms with Crippen molar-refractivity contribution in [2.75, 3.05) is 24.7 Å². The first-order valence-corrected chi connectivity index (χ1v) is 10.2. The van der Waals surface area contributed by atoms with Gasteiger partial charge in [0.15, 0.2) is 17.4 Å². The van der Waals surface area contributed by atoms with Gasteiger partial charge in [0.1, 0.15) is 0 Å². The normalized spacial score (nSPS) is 14.3. The van der Waals surface area contributed by atoms with E-state index in [4.69, 9.17) is 0 Å². The number of anilines is 3. The number of amides is 1. The number of nitrogens with zero attached hydrogens (tertiary/aromatic N) is 3. The van der Waals surface area contributed by atoms with Crippen LogP contribution in [-0.2, 0) is 0 Å². The zero-order valence-corrected chi connectivity index (χ0v) is 17.1. The SMILES string of the molecule is CN(C)C(=O)c1cccc(Nc2nsnc2N[C@@H](c2ccccc2)C2CC2)c1O. The molecule has 8 heteroatoms. The molecular weight excluding hydrogens is 386 g/mol. The van der Waals surface area contributed by atoms with Crippen LogP contribution in [0, 0.1) is 5.92 Å². The number of rotatable bonds is 7. The van der Waals surface area contributed by atoms with Crippen molar-refractivity contribution in [3.8, 4) is 5.75 Å². The topological polar surface area (TPSA) is 90.4 Å². The Bertz CT molecular complexity index is 1000. The van der Waals surface area contributed by atoms with Gasteiger partial charge in [-0.25, -0.2) is 0 Å². The van der Waals surface area contributed by atoms with Gasteiger partial charge in [0, 0.05) is 14.1 Å². The molecule has 7 nitrogen and oxygen atoms in total. The number of hydrogen-bond donors (Lipinski definition) is 3. The molecule has 1 heterocycles. The lowest BCUT2D eigenvalue weighted by Crippen LogP contribution is -2.21. The molecular formula is C21H23N5O2S. The number of hydrogen-bond acceptors (Lipinski definition) is 7. The van der Waals surface area contributed by atoms with Gasteiger partial charge in [-0.2, -0.15) is 8.75 Å². The molecule has 0 radical (unpaired) electrons. The third kappa shape index (κ3) is 4.17. The molecule has 29 heavy (non-hydrogen) atoms. The fourth-order valence-electron chi connectivity index (χ4n) is 3.26. The summed E-state index contributed by atoms with van der Waals surface area (Å²) in [5, 5.41) is 17.2. The molecule has 150 valence electrons. The van der Waals surface area contributed by atoms with Crippen LogP contribution in [-0.4, -0.2) is 38.8 Å². The Morgan fingerprint density at radius 1 is 1.10 bits per heavy atom. The molecule has 3 aromatic rings. The third-order valence-electron chi connectivity index (χ3n) is 4.96. The Hall–Kier alpha value is -3.13. The maximum Gasteiger partial charge on any atom is 0.257 e. The molecule has 1 aliphatic rings. The van der Waals surface area contributed by atoms with E-state index in [2.05, 4.69) is 31.5 Å². The second kappa shape index (κ2) is 8.08. The van der Waals surface area contributed by atoms with Crippen molar-refractivity contribution in [3.63, 3.8) is 0 Å². The average molecular weight is 410 g/mol. The number of carbonyl (C=O) groups is 1. The Kier molecular flexibility index (Phi) is 5.35. The number of phenols is 1. The van der Waals surface area contributed by atoms with E-state index in [1.807, 2.05) is 18.2 Å². The summed E-state index contributed by atoms with van der Waals surface area (Å²) >= 11 is 1.09. The highest BCUT2D eigenvalue weighted by molar-refractivity contribution is 6.99. The number of para-hydroxylation sites is 1. The summed E-state index contributed by atoms with van der Waals surface area (Å²) in [6, 6.07) is 15.5. The molecule has 0 bridgehead atoms.